The van der Waals surface area contributed by atoms with Crippen LogP contribution in [0.3, 0.4) is 0 Å². The van der Waals surface area contributed by atoms with Gasteiger partial charge in [-0.15, -0.1) is 0 Å². The molecule has 0 aliphatic carbocycles. The van der Waals surface area contributed by atoms with Crippen molar-refractivity contribution in [2.24, 2.45) is 5.41 Å². The summed E-state index contributed by atoms with van der Waals surface area (Å²) in [5.74, 6) is 0.672. The maximum atomic E-state index is 13.0. The maximum Gasteiger partial charge on any atom is 0.255 e. The van der Waals surface area contributed by atoms with Crippen molar-refractivity contribution in [1.29, 1.82) is 0 Å². The minimum Gasteiger partial charge on any atom is -0.493 e. The van der Waals surface area contributed by atoms with Crippen LogP contribution in [0.4, 0.5) is 0 Å². The minimum absolute atomic E-state index is 0.0324. The average Bonchev–Trinajstić information content (AvgIpc) is 2.84. The van der Waals surface area contributed by atoms with E-state index >= 15 is 0 Å². The molecule has 6 heteroatoms. The highest BCUT2D eigenvalue weighted by Gasteiger charge is 2.36. The summed E-state index contributed by atoms with van der Waals surface area (Å²) in [6, 6.07) is 15.4. The van der Waals surface area contributed by atoms with Crippen molar-refractivity contribution < 1.29 is 14.3 Å². The van der Waals surface area contributed by atoms with Gasteiger partial charge in [-0.1, -0.05) is 54.8 Å². The summed E-state index contributed by atoms with van der Waals surface area (Å²) in [5, 5.41) is 3.68. The van der Waals surface area contributed by atoms with Gasteiger partial charge in [0.15, 0.2) is 0 Å². The van der Waals surface area contributed by atoms with E-state index in [1.54, 1.807) is 18.2 Å². The number of nitrogens with zero attached hydrogens (tertiary/aromatic N) is 1. The Kier molecular flexibility index (Phi) is 7.92. The molecule has 33 heavy (non-hydrogen) atoms. The Hall–Kier alpha value is -2.53. The molecule has 2 heterocycles. The lowest BCUT2D eigenvalue weighted by Gasteiger charge is -2.42. The number of hydrogen-bond donors (Lipinski definition) is 1. The van der Waals surface area contributed by atoms with Crippen LogP contribution in [-0.2, 0) is 11.2 Å². The fourth-order valence-corrected chi connectivity index (χ4v) is 5.10. The third kappa shape index (κ3) is 6.29. The number of halogens is 1. The third-order valence-corrected chi connectivity index (χ3v) is 7.30. The summed E-state index contributed by atoms with van der Waals surface area (Å²) in [6.07, 6.45) is 7.39. The smallest absolute Gasteiger partial charge is 0.255 e. The van der Waals surface area contributed by atoms with Gasteiger partial charge in [0, 0.05) is 31.1 Å². The molecule has 0 radical (unpaired) electrons. The molecular formula is C27H33ClN2O3. The molecule has 2 amide bonds. The number of nitrogens with one attached hydrogen (secondary N) is 1. The van der Waals surface area contributed by atoms with Crippen molar-refractivity contribution in [1.82, 2.24) is 10.2 Å². The highest BCUT2D eigenvalue weighted by atomic mass is 35.5. The molecule has 2 aliphatic rings. The lowest BCUT2D eigenvalue weighted by atomic mass is 9.74. The van der Waals surface area contributed by atoms with Crippen LogP contribution in [-0.4, -0.2) is 43.0 Å². The van der Waals surface area contributed by atoms with Crippen LogP contribution in [0.25, 0.3) is 0 Å². The topological polar surface area (TPSA) is 58.6 Å². The molecule has 5 nitrogen and oxygen atoms in total. The fraction of sp³-hybridized carbons (Fsp3) is 0.481. The van der Waals surface area contributed by atoms with Crippen LogP contribution in [0.2, 0.25) is 5.02 Å². The first-order valence-electron chi connectivity index (χ1n) is 12.1. The van der Waals surface area contributed by atoms with E-state index < -0.39 is 0 Å². The van der Waals surface area contributed by atoms with Crippen LogP contribution in [0.15, 0.2) is 48.5 Å². The number of rotatable bonds is 3. The molecule has 2 aromatic carbocycles. The van der Waals surface area contributed by atoms with Gasteiger partial charge in [-0.3, -0.25) is 9.59 Å². The number of fused-ring (bicyclic) bond motifs is 1. The van der Waals surface area contributed by atoms with Gasteiger partial charge < -0.3 is 15.0 Å². The van der Waals surface area contributed by atoms with E-state index in [9.17, 15) is 9.59 Å². The SMILES string of the molecule is O=C1NCC2(CCCCCOc3ccc(Cl)cc31)CCN(C(=O)CCc1ccccc1)CC2. The van der Waals surface area contributed by atoms with E-state index in [4.69, 9.17) is 16.3 Å². The van der Waals surface area contributed by atoms with Crippen LogP contribution in [0, 0.1) is 5.41 Å². The first-order valence-corrected chi connectivity index (χ1v) is 12.4. The molecule has 1 spiro atoms. The number of likely N-dealkylation sites (tertiary alicyclic amines) is 1. The van der Waals surface area contributed by atoms with Crippen LogP contribution >= 0.6 is 11.6 Å². The Bertz CT molecular complexity index is 955. The van der Waals surface area contributed by atoms with Crippen molar-refractivity contribution >= 4 is 23.4 Å². The molecule has 0 unspecified atom stereocenters. The van der Waals surface area contributed by atoms with Crippen LogP contribution in [0.5, 0.6) is 5.75 Å². The van der Waals surface area contributed by atoms with Crippen molar-refractivity contribution in [2.45, 2.75) is 51.4 Å². The number of ether oxygens (including phenoxy) is 1. The molecule has 4 rings (SSSR count). The summed E-state index contributed by atoms with van der Waals surface area (Å²) in [4.78, 5) is 27.8. The van der Waals surface area contributed by atoms with Gasteiger partial charge >= 0.3 is 0 Å². The fourth-order valence-electron chi connectivity index (χ4n) is 4.93. The van der Waals surface area contributed by atoms with Crippen LogP contribution < -0.4 is 10.1 Å². The number of carbonyl (C=O) groups is 2. The number of hydrogen-bond acceptors (Lipinski definition) is 3. The molecule has 1 fully saturated rings. The monoisotopic (exact) mass is 468 g/mol. The predicted octanol–water partition coefficient (Wildman–Crippen LogP) is 5.26. The Morgan fingerprint density at radius 3 is 2.61 bits per heavy atom. The van der Waals surface area contributed by atoms with E-state index in [0.717, 1.165) is 58.0 Å². The zero-order valence-corrected chi connectivity index (χ0v) is 19.9. The van der Waals surface area contributed by atoms with Gasteiger partial charge in [0.05, 0.1) is 12.2 Å². The molecule has 0 bridgehead atoms. The first kappa shape index (κ1) is 23.6. The Morgan fingerprint density at radius 2 is 1.82 bits per heavy atom. The first-order chi connectivity index (χ1) is 16.0. The van der Waals surface area contributed by atoms with Gasteiger partial charge in [-0.2, -0.15) is 0 Å². The van der Waals surface area contributed by atoms with E-state index in [2.05, 4.69) is 17.4 Å². The lowest BCUT2D eigenvalue weighted by Crippen LogP contribution is -2.48. The van der Waals surface area contributed by atoms with Gasteiger partial charge in [-0.05, 0) is 61.3 Å². The van der Waals surface area contributed by atoms with Crippen molar-refractivity contribution in [3.63, 3.8) is 0 Å². The lowest BCUT2D eigenvalue weighted by molar-refractivity contribution is -0.133. The molecule has 0 aromatic heterocycles. The molecule has 0 saturated carbocycles. The standard InChI is InChI=1S/C27H33ClN2O3/c28-22-10-11-24-23(19-22)26(32)29-20-27(13-5-2-6-18-33-24)14-16-30(17-15-27)25(31)12-9-21-7-3-1-4-8-21/h1,3-4,7-8,10-11,19H,2,5-6,9,12-18,20H2,(H,29,32). The van der Waals surface area contributed by atoms with Gasteiger partial charge in [0.2, 0.25) is 5.91 Å². The molecule has 2 aromatic rings. The second-order valence-electron chi connectivity index (χ2n) is 9.35. The number of benzene rings is 2. The largest absolute Gasteiger partial charge is 0.493 e. The van der Waals surface area contributed by atoms with Gasteiger partial charge in [-0.25, -0.2) is 0 Å². The quantitative estimate of drug-likeness (QED) is 0.668. The molecular weight excluding hydrogens is 436 g/mol. The minimum atomic E-state index is -0.145. The Labute approximate surface area is 201 Å². The second kappa shape index (κ2) is 11.1. The Morgan fingerprint density at radius 1 is 1.03 bits per heavy atom. The van der Waals surface area contributed by atoms with Gasteiger partial charge in [0.25, 0.3) is 5.91 Å². The van der Waals surface area contributed by atoms with E-state index in [1.165, 1.54) is 5.56 Å². The zero-order valence-electron chi connectivity index (χ0n) is 19.2. The normalized spacial score (nSPS) is 18.9. The number of carbonyl (C=O) groups excluding carboxylic acids is 2. The number of aryl methyl sites for hydroxylation is 1. The molecule has 2 aliphatic heterocycles. The van der Waals surface area contributed by atoms with Gasteiger partial charge in [0.1, 0.15) is 5.75 Å². The highest BCUT2D eigenvalue weighted by Crippen LogP contribution is 2.37. The zero-order chi connectivity index (χ0) is 23.1. The van der Waals surface area contributed by atoms with E-state index in [-0.39, 0.29) is 17.2 Å². The Balaban J connectivity index is 1.37. The van der Waals surface area contributed by atoms with Crippen molar-refractivity contribution in [2.75, 3.05) is 26.2 Å². The van der Waals surface area contributed by atoms with E-state index in [0.29, 0.717) is 35.9 Å². The summed E-state index contributed by atoms with van der Waals surface area (Å²) < 4.78 is 5.85. The predicted molar refractivity (Wildman–Crippen MR) is 131 cm³/mol. The summed E-state index contributed by atoms with van der Waals surface area (Å²) in [7, 11) is 0. The van der Waals surface area contributed by atoms with Crippen molar-refractivity contribution in [3.05, 3.63) is 64.7 Å². The second-order valence-corrected chi connectivity index (χ2v) is 9.79. The molecule has 0 atom stereocenters. The molecule has 1 N–H and O–H groups in total. The number of amides is 2. The van der Waals surface area contributed by atoms with Crippen LogP contribution in [0.1, 0.15) is 60.9 Å². The molecule has 1 saturated heterocycles. The number of piperidine rings is 1. The third-order valence-electron chi connectivity index (χ3n) is 7.07. The summed E-state index contributed by atoms with van der Waals surface area (Å²) in [5.41, 5.74) is 1.72. The summed E-state index contributed by atoms with van der Waals surface area (Å²) in [6.45, 7) is 2.73. The maximum absolute atomic E-state index is 13.0. The average molecular weight is 469 g/mol. The summed E-state index contributed by atoms with van der Waals surface area (Å²) >= 11 is 6.15. The van der Waals surface area contributed by atoms with E-state index in [1.807, 2.05) is 23.1 Å². The van der Waals surface area contributed by atoms with Crippen molar-refractivity contribution in [3.8, 4) is 5.75 Å². The molecule has 176 valence electrons. The highest BCUT2D eigenvalue weighted by molar-refractivity contribution is 6.31.